The van der Waals surface area contributed by atoms with E-state index in [4.69, 9.17) is 9.47 Å². The molecule has 5 aliphatic rings. The van der Waals surface area contributed by atoms with E-state index in [1.807, 2.05) is 13.8 Å². The van der Waals surface area contributed by atoms with Gasteiger partial charge >= 0.3 is 0 Å². The Bertz CT molecular complexity index is 494. The smallest absolute Gasteiger partial charge is 0.163 e. The first kappa shape index (κ1) is 13.3. The zero-order chi connectivity index (χ0) is 14.6. The van der Waals surface area contributed by atoms with Crippen LogP contribution in [0.1, 0.15) is 47.5 Å². The van der Waals surface area contributed by atoms with Crippen molar-refractivity contribution in [1.82, 2.24) is 0 Å². The van der Waals surface area contributed by atoms with E-state index in [1.54, 1.807) is 0 Å². The lowest BCUT2D eigenvalue weighted by Gasteiger charge is -2.64. The lowest BCUT2D eigenvalue weighted by atomic mass is 9.41. The van der Waals surface area contributed by atoms with Crippen molar-refractivity contribution in [3.63, 3.8) is 0 Å². The summed E-state index contributed by atoms with van der Waals surface area (Å²) in [6.07, 6.45) is 6.56. The van der Waals surface area contributed by atoms with Crippen LogP contribution in [0.25, 0.3) is 0 Å². The van der Waals surface area contributed by atoms with Crippen LogP contribution in [0.15, 0.2) is 12.2 Å². The Morgan fingerprint density at radius 3 is 2.35 bits per heavy atom. The molecule has 3 heteroatoms. The van der Waals surface area contributed by atoms with Crippen molar-refractivity contribution in [3.8, 4) is 0 Å². The van der Waals surface area contributed by atoms with Gasteiger partial charge in [-0.25, -0.2) is 0 Å². The number of hydrogen-bond acceptors (Lipinski definition) is 3. The van der Waals surface area contributed by atoms with Crippen LogP contribution in [0.2, 0.25) is 0 Å². The summed E-state index contributed by atoms with van der Waals surface area (Å²) in [5.41, 5.74) is -0.106. The lowest BCUT2D eigenvalue weighted by Crippen LogP contribution is -2.68. The molecule has 0 radical (unpaired) electrons. The summed E-state index contributed by atoms with van der Waals surface area (Å²) in [5.74, 6) is -0.252. The van der Waals surface area contributed by atoms with Gasteiger partial charge < -0.3 is 14.6 Å². The van der Waals surface area contributed by atoms with Crippen LogP contribution in [0, 0.1) is 22.2 Å². The van der Waals surface area contributed by atoms with Crippen LogP contribution in [-0.2, 0) is 9.47 Å². The highest BCUT2D eigenvalue weighted by atomic mass is 16.8. The maximum atomic E-state index is 10.6. The normalized spacial score (nSPS) is 57.7. The van der Waals surface area contributed by atoms with Crippen molar-refractivity contribution in [1.29, 1.82) is 0 Å². The van der Waals surface area contributed by atoms with Crippen molar-refractivity contribution in [3.05, 3.63) is 12.2 Å². The first-order chi connectivity index (χ1) is 9.14. The van der Waals surface area contributed by atoms with Gasteiger partial charge in [-0.15, -0.1) is 0 Å². The molecule has 5 rings (SSSR count). The van der Waals surface area contributed by atoms with E-state index < -0.39 is 5.79 Å². The summed E-state index contributed by atoms with van der Waals surface area (Å²) < 4.78 is 12.6. The second-order valence-electron chi connectivity index (χ2n) is 8.51. The Balaban J connectivity index is 1.93. The van der Waals surface area contributed by atoms with E-state index in [0.717, 1.165) is 12.8 Å². The highest BCUT2D eigenvalue weighted by molar-refractivity contribution is 5.34. The Hall–Kier alpha value is -0.380. The second-order valence-corrected chi connectivity index (χ2v) is 8.51. The van der Waals surface area contributed by atoms with Crippen LogP contribution >= 0.6 is 0 Å². The van der Waals surface area contributed by atoms with Crippen molar-refractivity contribution >= 4 is 0 Å². The molecule has 1 unspecified atom stereocenters. The molecule has 1 saturated heterocycles. The minimum Gasteiger partial charge on any atom is -0.393 e. The van der Waals surface area contributed by atoms with Crippen LogP contribution in [0.4, 0.5) is 0 Å². The third-order valence-corrected chi connectivity index (χ3v) is 6.96. The third kappa shape index (κ3) is 1.20. The highest BCUT2D eigenvalue weighted by Crippen LogP contribution is 2.72. The third-order valence-electron chi connectivity index (χ3n) is 6.96. The van der Waals surface area contributed by atoms with E-state index >= 15 is 0 Å². The summed E-state index contributed by atoms with van der Waals surface area (Å²) in [4.78, 5) is 0. The van der Waals surface area contributed by atoms with Gasteiger partial charge in [-0.05, 0) is 32.1 Å². The van der Waals surface area contributed by atoms with Gasteiger partial charge in [-0.3, -0.25) is 0 Å². The fraction of sp³-hybridized carbons (Fsp3) is 0.882. The quantitative estimate of drug-likeness (QED) is 0.692. The molecule has 6 atom stereocenters. The summed E-state index contributed by atoms with van der Waals surface area (Å²) in [7, 11) is 0. The minimum atomic E-state index is -0.520. The number of hydrogen-bond donors (Lipinski definition) is 1. The van der Waals surface area contributed by atoms with Crippen molar-refractivity contribution < 1.29 is 14.6 Å². The molecule has 4 aliphatic carbocycles. The average Bonchev–Trinajstić information content (AvgIpc) is 2.83. The van der Waals surface area contributed by atoms with Crippen LogP contribution in [-0.4, -0.2) is 29.2 Å². The largest absolute Gasteiger partial charge is 0.393 e. The number of rotatable bonds is 0. The van der Waals surface area contributed by atoms with Gasteiger partial charge in [0.25, 0.3) is 0 Å². The molecule has 20 heavy (non-hydrogen) atoms. The molecular formula is C17H26O3. The predicted octanol–water partition coefficient (Wildman–Crippen LogP) is 2.88. The molecule has 0 aromatic heterocycles. The molecule has 1 heterocycles. The topological polar surface area (TPSA) is 38.7 Å². The maximum Gasteiger partial charge on any atom is 0.163 e. The molecule has 0 amide bonds. The Morgan fingerprint density at radius 1 is 1.00 bits per heavy atom. The molecule has 1 N–H and O–H groups in total. The SMILES string of the molecule is CC1(C)O[C@@H]2[C@H](O1)[C@]13C=C[C@@]2(C)C(C)(C)C1[C@H](O)CC3. The minimum absolute atomic E-state index is 0.0165. The second kappa shape index (κ2) is 3.34. The summed E-state index contributed by atoms with van der Waals surface area (Å²) >= 11 is 0. The van der Waals surface area contributed by atoms with Gasteiger partial charge in [0.2, 0.25) is 0 Å². The maximum absolute atomic E-state index is 10.6. The molecule has 0 aromatic carbocycles. The first-order valence-electron chi connectivity index (χ1n) is 7.88. The van der Waals surface area contributed by atoms with Crippen LogP contribution in [0.5, 0.6) is 0 Å². The standard InChI is InChI=1S/C17H26O3/c1-14(2)11-10(18)6-7-17(11)9-8-16(14,5)12-13(17)20-15(3,4)19-12/h8-13,18H,6-7H2,1-5H3/t10-,11?,12-,13+,16-,17-/m1/s1. The van der Waals surface area contributed by atoms with Crippen LogP contribution < -0.4 is 0 Å². The monoisotopic (exact) mass is 278 g/mol. The van der Waals surface area contributed by atoms with E-state index in [2.05, 4.69) is 32.9 Å². The van der Waals surface area contributed by atoms with Gasteiger partial charge in [0.15, 0.2) is 5.79 Å². The Kier molecular flexibility index (Phi) is 2.22. The summed E-state index contributed by atoms with van der Waals surface area (Å²) in [6, 6.07) is 0. The van der Waals surface area contributed by atoms with Crippen LogP contribution in [0.3, 0.4) is 0 Å². The lowest BCUT2D eigenvalue weighted by molar-refractivity contribution is -0.184. The van der Waals surface area contributed by atoms with Gasteiger partial charge in [0, 0.05) is 16.7 Å². The highest BCUT2D eigenvalue weighted by Gasteiger charge is 2.75. The molecule has 1 aliphatic heterocycles. The molecule has 0 aromatic rings. The number of aliphatic hydroxyl groups is 1. The fourth-order valence-corrected chi connectivity index (χ4v) is 5.76. The number of aliphatic hydroxyl groups excluding tert-OH is 1. The summed E-state index contributed by atoms with van der Waals surface area (Å²) in [6.45, 7) is 10.9. The Labute approximate surface area is 121 Å². The van der Waals surface area contributed by atoms with Crippen molar-refractivity contribution in [2.45, 2.75) is 71.6 Å². The average molecular weight is 278 g/mol. The van der Waals surface area contributed by atoms with Crippen molar-refractivity contribution in [2.75, 3.05) is 0 Å². The molecule has 1 spiro atoms. The van der Waals surface area contributed by atoms with E-state index in [9.17, 15) is 5.11 Å². The van der Waals surface area contributed by atoms with E-state index in [0.29, 0.717) is 0 Å². The molecular weight excluding hydrogens is 252 g/mol. The summed E-state index contributed by atoms with van der Waals surface area (Å²) in [5, 5.41) is 10.6. The van der Waals surface area contributed by atoms with Gasteiger partial charge in [-0.2, -0.15) is 0 Å². The molecule has 2 saturated carbocycles. The van der Waals surface area contributed by atoms with Gasteiger partial charge in [0.05, 0.1) is 18.3 Å². The molecule has 112 valence electrons. The van der Waals surface area contributed by atoms with E-state index in [1.165, 1.54) is 0 Å². The van der Waals surface area contributed by atoms with Crippen molar-refractivity contribution in [2.24, 2.45) is 22.2 Å². The fourth-order valence-electron chi connectivity index (χ4n) is 5.76. The van der Waals surface area contributed by atoms with E-state index in [-0.39, 0.29) is 40.5 Å². The molecule has 3 nitrogen and oxygen atoms in total. The first-order valence-corrected chi connectivity index (χ1v) is 7.88. The molecule has 3 fully saturated rings. The van der Waals surface area contributed by atoms with Gasteiger partial charge in [0.1, 0.15) is 0 Å². The van der Waals surface area contributed by atoms with Gasteiger partial charge in [-0.1, -0.05) is 32.9 Å². The zero-order valence-corrected chi connectivity index (χ0v) is 13.1. The number of ether oxygens (including phenoxy) is 2. The Morgan fingerprint density at radius 2 is 1.65 bits per heavy atom. The predicted molar refractivity (Wildman–Crippen MR) is 76.0 cm³/mol. The zero-order valence-electron chi connectivity index (χ0n) is 13.1. The molecule has 2 bridgehead atoms.